The molecule has 0 bridgehead atoms. The zero-order valence-corrected chi connectivity index (χ0v) is 7.30. The topological polar surface area (TPSA) is 18.5 Å². The summed E-state index contributed by atoms with van der Waals surface area (Å²) in [6, 6.07) is 0.0868. The van der Waals surface area contributed by atoms with E-state index >= 15 is 0 Å². The summed E-state index contributed by atoms with van der Waals surface area (Å²) >= 11 is 0. The molecule has 0 saturated carbocycles. The van der Waals surface area contributed by atoms with Gasteiger partial charge in [0, 0.05) is 20.3 Å². The standard InChI is InChI=1S/C5H12F2O2Si/c1-8-10(9-2)4-5(7)3-6/h5,10H,3-4H2,1-2H3. The zero-order chi connectivity index (χ0) is 7.98. The lowest BCUT2D eigenvalue weighted by atomic mass is 10.5. The third kappa shape index (κ3) is 3.92. The molecule has 0 fully saturated rings. The van der Waals surface area contributed by atoms with Gasteiger partial charge in [-0.3, -0.25) is 0 Å². The second kappa shape index (κ2) is 5.76. The monoisotopic (exact) mass is 170 g/mol. The van der Waals surface area contributed by atoms with Crippen molar-refractivity contribution < 1.29 is 17.6 Å². The van der Waals surface area contributed by atoms with Crippen molar-refractivity contribution in [2.24, 2.45) is 0 Å². The van der Waals surface area contributed by atoms with E-state index in [-0.39, 0.29) is 6.04 Å². The highest BCUT2D eigenvalue weighted by molar-refractivity contribution is 6.44. The molecule has 0 aromatic rings. The highest BCUT2D eigenvalue weighted by Gasteiger charge is 2.16. The van der Waals surface area contributed by atoms with Crippen LogP contribution in [0.5, 0.6) is 0 Å². The predicted octanol–water partition coefficient (Wildman–Crippen LogP) is 0.807. The molecule has 0 aliphatic heterocycles. The Hall–Kier alpha value is -0.00312. The fraction of sp³-hybridized carbons (Fsp3) is 1.00. The Morgan fingerprint density at radius 3 is 2.20 bits per heavy atom. The quantitative estimate of drug-likeness (QED) is 0.568. The first kappa shape index (κ1) is 10.00. The van der Waals surface area contributed by atoms with Crippen molar-refractivity contribution in [2.45, 2.75) is 12.2 Å². The predicted molar refractivity (Wildman–Crippen MR) is 36.8 cm³/mol. The molecule has 0 aliphatic carbocycles. The van der Waals surface area contributed by atoms with Gasteiger partial charge in [-0.2, -0.15) is 0 Å². The average molecular weight is 170 g/mol. The van der Waals surface area contributed by atoms with Crippen LogP contribution >= 0.6 is 0 Å². The molecule has 5 heteroatoms. The van der Waals surface area contributed by atoms with Crippen LogP contribution in [0.3, 0.4) is 0 Å². The van der Waals surface area contributed by atoms with E-state index in [4.69, 9.17) is 8.85 Å². The molecule has 62 valence electrons. The molecule has 0 amide bonds. The molecule has 0 saturated heterocycles. The molecule has 2 nitrogen and oxygen atoms in total. The lowest BCUT2D eigenvalue weighted by Crippen LogP contribution is -2.24. The summed E-state index contributed by atoms with van der Waals surface area (Å²) in [7, 11) is 1.02. The maximum absolute atomic E-state index is 12.3. The van der Waals surface area contributed by atoms with Gasteiger partial charge in [0.05, 0.1) is 0 Å². The van der Waals surface area contributed by atoms with Crippen molar-refractivity contribution in [3.05, 3.63) is 0 Å². The Labute approximate surface area is 61.0 Å². The molecule has 0 radical (unpaired) electrons. The highest BCUT2D eigenvalue weighted by atomic mass is 28.3. The average Bonchev–Trinajstić information content (AvgIpc) is 1.99. The van der Waals surface area contributed by atoms with Crippen LogP contribution in [0, 0.1) is 0 Å². The summed E-state index contributed by atoms with van der Waals surface area (Å²) in [6.45, 7) is -0.948. The van der Waals surface area contributed by atoms with Crippen molar-refractivity contribution in [2.75, 3.05) is 20.9 Å². The second-order valence-electron chi connectivity index (χ2n) is 1.89. The Balaban J connectivity index is 3.41. The molecule has 0 spiro atoms. The smallest absolute Gasteiger partial charge is 0.323 e. The van der Waals surface area contributed by atoms with Crippen LogP contribution < -0.4 is 0 Å². The van der Waals surface area contributed by atoms with Gasteiger partial charge in [-0.1, -0.05) is 0 Å². The third-order valence-electron chi connectivity index (χ3n) is 1.14. The molecule has 0 aromatic heterocycles. The van der Waals surface area contributed by atoms with Crippen LogP contribution in [0.1, 0.15) is 0 Å². The fourth-order valence-corrected chi connectivity index (χ4v) is 1.68. The van der Waals surface area contributed by atoms with E-state index in [1.807, 2.05) is 0 Å². The van der Waals surface area contributed by atoms with Crippen LogP contribution in [-0.2, 0) is 8.85 Å². The first-order chi connectivity index (χ1) is 4.74. The molecule has 0 rings (SSSR count). The van der Waals surface area contributed by atoms with Crippen molar-refractivity contribution in [3.63, 3.8) is 0 Å². The maximum atomic E-state index is 12.3. The maximum Gasteiger partial charge on any atom is 0.323 e. The molecule has 1 unspecified atom stereocenters. The molecule has 10 heavy (non-hydrogen) atoms. The Bertz CT molecular complexity index is 80.0. The van der Waals surface area contributed by atoms with Gasteiger partial charge in [0.25, 0.3) is 0 Å². The third-order valence-corrected chi connectivity index (χ3v) is 3.09. The molecule has 0 heterocycles. The largest absolute Gasteiger partial charge is 0.400 e. The van der Waals surface area contributed by atoms with Crippen molar-refractivity contribution >= 4 is 9.28 Å². The van der Waals surface area contributed by atoms with Gasteiger partial charge < -0.3 is 8.85 Å². The lowest BCUT2D eigenvalue weighted by molar-refractivity contribution is 0.233. The summed E-state index contributed by atoms with van der Waals surface area (Å²) < 4.78 is 33.4. The summed E-state index contributed by atoms with van der Waals surface area (Å²) in [4.78, 5) is 0. The van der Waals surface area contributed by atoms with E-state index in [9.17, 15) is 8.78 Å². The summed E-state index contributed by atoms with van der Waals surface area (Å²) in [5.41, 5.74) is 0. The van der Waals surface area contributed by atoms with Crippen LogP contribution in [0.4, 0.5) is 8.78 Å². The van der Waals surface area contributed by atoms with E-state index < -0.39 is 22.1 Å². The minimum Gasteiger partial charge on any atom is -0.400 e. The van der Waals surface area contributed by atoms with Gasteiger partial charge in [-0.25, -0.2) is 8.78 Å². The zero-order valence-electron chi connectivity index (χ0n) is 6.14. The van der Waals surface area contributed by atoms with E-state index in [1.165, 1.54) is 14.2 Å². The number of rotatable bonds is 5. The number of hydrogen-bond acceptors (Lipinski definition) is 2. The summed E-state index contributed by atoms with van der Waals surface area (Å²) in [5, 5.41) is 0. The summed E-state index contributed by atoms with van der Waals surface area (Å²) in [6.07, 6.45) is -1.42. The van der Waals surface area contributed by atoms with Gasteiger partial charge in [0.2, 0.25) is 0 Å². The van der Waals surface area contributed by atoms with Gasteiger partial charge in [0.15, 0.2) is 0 Å². The van der Waals surface area contributed by atoms with Gasteiger partial charge >= 0.3 is 9.28 Å². The molecule has 0 aliphatic rings. The van der Waals surface area contributed by atoms with Crippen LogP contribution in [0.2, 0.25) is 6.04 Å². The highest BCUT2D eigenvalue weighted by Crippen LogP contribution is 2.04. The molecular weight excluding hydrogens is 158 g/mol. The van der Waals surface area contributed by atoms with E-state index in [0.717, 1.165) is 0 Å². The van der Waals surface area contributed by atoms with E-state index in [1.54, 1.807) is 0 Å². The fourth-order valence-electron chi connectivity index (χ4n) is 0.560. The molecule has 1 atom stereocenters. The molecule has 0 N–H and O–H groups in total. The summed E-state index contributed by atoms with van der Waals surface area (Å²) in [5.74, 6) is 0. The van der Waals surface area contributed by atoms with E-state index in [2.05, 4.69) is 0 Å². The van der Waals surface area contributed by atoms with Crippen LogP contribution in [0.25, 0.3) is 0 Å². The second-order valence-corrected chi connectivity index (χ2v) is 4.16. The van der Waals surface area contributed by atoms with Gasteiger partial charge in [0.1, 0.15) is 12.8 Å². The normalized spacial score (nSPS) is 14.1. The lowest BCUT2D eigenvalue weighted by Gasteiger charge is -2.11. The SMILES string of the molecule is CO[SiH](CC(F)CF)OC. The Morgan fingerprint density at radius 1 is 1.40 bits per heavy atom. The minimum atomic E-state index is -1.88. The van der Waals surface area contributed by atoms with Crippen LogP contribution in [0.15, 0.2) is 0 Å². The van der Waals surface area contributed by atoms with Crippen molar-refractivity contribution in [1.29, 1.82) is 0 Å². The number of alkyl halides is 2. The minimum absolute atomic E-state index is 0.0868. The Kier molecular flexibility index (Phi) is 5.76. The number of halogens is 2. The van der Waals surface area contributed by atoms with Crippen LogP contribution in [-0.4, -0.2) is 36.3 Å². The number of hydrogen-bond donors (Lipinski definition) is 0. The molecular formula is C5H12F2O2Si. The molecule has 0 aromatic carbocycles. The first-order valence-corrected chi connectivity index (χ1v) is 4.76. The van der Waals surface area contributed by atoms with Crippen molar-refractivity contribution in [3.8, 4) is 0 Å². The van der Waals surface area contributed by atoms with Crippen molar-refractivity contribution in [1.82, 2.24) is 0 Å². The van der Waals surface area contributed by atoms with Gasteiger partial charge in [-0.15, -0.1) is 0 Å². The van der Waals surface area contributed by atoms with E-state index in [0.29, 0.717) is 0 Å². The van der Waals surface area contributed by atoms with Gasteiger partial charge in [-0.05, 0) is 0 Å². The Morgan fingerprint density at radius 2 is 1.90 bits per heavy atom. The first-order valence-electron chi connectivity index (χ1n) is 3.00.